The second kappa shape index (κ2) is 9.32. The SMILES string of the molecule is COc1cc(Cl)c(C)cc1NC(=O)CSc1nnc(-c2ccc(C(C)(C)C)cc2)n1C. The number of carbonyl (C=O) groups excluding carboxylic acids is 1. The Balaban J connectivity index is 1.68. The summed E-state index contributed by atoms with van der Waals surface area (Å²) < 4.78 is 7.21. The zero-order valence-corrected chi connectivity index (χ0v) is 20.2. The van der Waals surface area contributed by atoms with E-state index in [0.717, 1.165) is 17.0 Å². The summed E-state index contributed by atoms with van der Waals surface area (Å²) >= 11 is 7.46. The van der Waals surface area contributed by atoms with Gasteiger partial charge in [0.15, 0.2) is 11.0 Å². The van der Waals surface area contributed by atoms with E-state index in [1.165, 1.54) is 17.3 Å². The lowest BCUT2D eigenvalue weighted by molar-refractivity contribution is -0.113. The van der Waals surface area contributed by atoms with Crippen LogP contribution in [-0.2, 0) is 17.3 Å². The number of nitrogens with one attached hydrogen (secondary N) is 1. The van der Waals surface area contributed by atoms with Crippen LogP contribution in [0.15, 0.2) is 41.6 Å². The molecule has 0 bridgehead atoms. The van der Waals surface area contributed by atoms with Gasteiger partial charge in [0, 0.05) is 23.7 Å². The minimum Gasteiger partial charge on any atom is -0.495 e. The van der Waals surface area contributed by atoms with Crippen LogP contribution >= 0.6 is 23.4 Å². The summed E-state index contributed by atoms with van der Waals surface area (Å²) in [5, 5.41) is 12.7. The molecule has 1 N–H and O–H groups in total. The van der Waals surface area contributed by atoms with Crippen LogP contribution in [0.25, 0.3) is 11.4 Å². The number of benzene rings is 2. The van der Waals surface area contributed by atoms with Crippen LogP contribution in [-0.4, -0.2) is 33.5 Å². The molecule has 8 heteroatoms. The molecule has 1 aromatic heterocycles. The molecule has 2 aromatic carbocycles. The molecule has 1 amide bonds. The number of carbonyl (C=O) groups is 1. The minimum absolute atomic E-state index is 0.0953. The van der Waals surface area contributed by atoms with E-state index >= 15 is 0 Å². The number of hydrogen-bond donors (Lipinski definition) is 1. The van der Waals surface area contributed by atoms with Gasteiger partial charge in [-0.3, -0.25) is 4.79 Å². The molecule has 0 aliphatic rings. The third-order valence-corrected chi connectivity index (χ3v) is 6.36. The summed E-state index contributed by atoms with van der Waals surface area (Å²) in [5.74, 6) is 1.32. The molecule has 1 heterocycles. The van der Waals surface area contributed by atoms with Gasteiger partial charge in [0.1, 0.15) is 5.75 Å². The number of anilines is 1. The molecule has 0 aliphatic heterocycles. The lowest BCUT2D eigenvalue weighted by Crippen LogP contribution is -2.15. The lowest BCUT2D eigenvalue weighted by atomic mass is 9.87. The normalized spacial score (nSPS) is 11.5. The Morgan fingerprint density at radius 1 is 1.19 bits per heavy atom. The van der Waals surface area contributed by atoms with Gasteiger partial charge in [-0.25, -0.2) is 0 Å². The largest absolute Gasteiger partial charge is 0.495 e. The smallest absolute Gasteiger partial charge is 0.234 e. The van der Waals surface area contributed by atoms with Crippen molar-refractivity contribution in [3.8, 4) is 17.1 Å². The van der Waals surface area contributed by atoms with E-state index in [2.05, 4.69) is 60.6 Å². The van der Waals surface area contributed by atoms with Gasteiger partial charge >= 0.3 is 0 Å². The molecule has 31 heavy (non-hydrogen) atoms. The second-order valence-corrected chi connectivity index (χ2v) is 9.68. The molecule has 0 saturated carbocycles. The second-order valence-electron chi connectivity index (χ2n) is 8.33. The molecule has 3 rings (SSSR count). The molecular weight excluding hydrogens is 432 g/mol. The summed E-state index contributed by atoms with van der Waals surface area (Å²) in [4.78, 5) is 12.5. The molecular formula is C23H27ClN4O2S. The van der Waals surface area contributed by atoms with Crippen LogP contribution < -0.4 is 10.1 Å². The van der Waals surface area contributed by atoms with Crippen molar-refractivity contribution in [1.29, 1.82) is 0 Å². The number of ether oxygens (including phenoxy) is 1. The summed E-state index contributed by atoms with van der Waals surface area (Å²) in [6, 6.07) is 11.8. The zero-order valence-electron chi connectivity index (χ0n) is 18.6. The van der Waals surface area contributed by atoms with Crippen LogP contribution in [0.5, 0.6) is 5.75 Å². The van der Waals surface area contributed by atoms with Gasteiger partial charge in [0.2, 0.25) is 5.91 Å². The van der Waals surface area contributed by atoms with Crippen molar-refractivity contribution < 1.29 is 9.53 Å². The van der Waals surface area contributed by atoms with Gasteiger partial charge < -0.3 is 14.6 Å². The van der Waals surface area contributed by atoms with E-state index in [-0.39, 0.29) is 17.1 Å². The van der Waals surface area contributed by atoms with Gasteiger partial charge in [-0.1, -0.05) is 68.4 Å². The van der Waals surface area contributed by atoms with Crippen molar-refractivity contribution in [2.75, 3.05) is 18.2 Å². The van der Waals surface area contributed by atoms with Crippen LogP contribution in [0.4, 0.5) is 5.69 Å². The van der Waals surface area contributed by atoms with Crippen LogP contribution in [0, 0.1) is 6.92 Å². The number of nitrogens with zero attached hydrogens (tertiary/aromatic N) is 3. The topological polar surface area (TPSA) is 69.0 Å². The molecule has 0 radical (unpaired) electrons. The summed E-state index contributed by atoms with van der Waals surface area (Å²) in [7, 11) is 3.44. The quantitative estimate of drug-likeness (QED) is 0.495. The van der Waals surface area contributed by atoms with Crippen molar-refractivity contribution in [3.63, 3.8) is 0 Å². The molecule has 0 atom stereocenters. The van der Waals surface area contributed by atoms with Crippen LogP contribution in [0.3, 0.4) is 0 Å². The molecule has 0 saturated heterocycles. The summed E-state index contributed by atoms with van der Waals surface area (Å²) in [5.41, 5.74) is 3.80. The number of aromatic nitrogens is 3. The maximum atomic E-state index is 12.5. The van der Waals surface area contributed by atoms with Gasteiger partial charge in [-0.15, -0.1) is 10.2 Å². The first-order valence-corrected chi connectivity index (χ1v) is 11.2. The van der Waals surface area contributed by atoms with E-state index in [1.807, 2.05) is 18.5 Å². The molecule has 3 aromatic rings. The fourth-order valence-corrected chi connectivity index (χ4v) is 3.92. The highest BCUT2D eigenvalue weighted by Gasteiger charge is 2.17. The fourth-order valence-electron chi connectivity index (χ4n) is 3.06. The maximum Gasteiger partial charge on any atom is 0.234 e. The summed E-state index contributed by atoms with van der Waals surface area (Å²) in [6.07, 6.45) is 0. The number of methoxy groups -OCH3 is 1. The molecule has 0 fully saturated rings. The van der Waals surface area contributed by atoms with E-state index in [4.69, 9.17) is 16.3 Å². The van der Waals surface area contributed by atoms with Crippen molar-refractivity contribution >= 4 is 35.0 Å². The highest BCUT2D eigenvalue weighted by Crippen LogP contribution is 2.31. The van der Waals surface area contributed by atoms with Crippen molar-refractivity contribution in [2.24, 2.45) is 7.05 Å². The van der Waals surface area contributed by atoms with E-state index in [9.17, 15) is 4.79 Å². The maximum absolute atomic E-state index is 12.5. The first kappa shape index (κ1) is 23.2. The Hall–Kier alpha value is -2.51. The number of aryl methyl sites for hydroxylation is 1. The average molecular weight is 459 g/mol. The Kier molecular flexibility index (Phi) is 6.96. The molecule has 6 nitrogen and oxygen atoms in total. The van der Waals surface area contributed by atoms with E-state index in [0.29, 0.717) is 21.6 Å². The monoisotopic (exact) mass is 458 g/mol. The first-order valence-electron chi connectivity index (χ1n) is 9.87. The number of thioether (sulfide) groups is 1. The Bertz CT molecular complexity index is 1090. The number of rotatable bonds is 6. The predicted octanol–water partition coefficient (Wildman–Crippen LogP) is 5.48. The van der Waals surface area contributed by atoms with Gasteiger partial charge in [-0.2, -0.15) is 0 Å². The van der Waals surface area contributed by atoms with Gasteiger partial charge in [0.05, 0.1) is 18.6 Å². The number of halogens is 1. The first-order chi connectivity index (χ1) is 14.6. The number of hydrogen-bond acceptors (Lipinski definition) is 5. The highest BCUT2D eigenvalue weighted by molar-refractivity contribution is 7.99. The Morgan fingerprint density at radius 3 is 2.48 bits per heavy atom. The summed E-state index contributed by atoms with van der Waals surface area (Å²) in [6.45, 7) is 8.43. The third kappa shape index (κ3) is 5.40. The van der Waals surface area contributed by atoms with Crippen molar-refractivity contribution in [2.45, 2.75) is 38.3 Å². The Labute approximate surface area is 192 Å². The molecule has 0 spiro atoms. The van der Waals surface area contributed by atoms with Crippen molar-refractivity contribution in [1.82, 2.24) is 14.8 Å². The van der Waals surface area contributed by atoms with Crippen LogP contribution in [0.1, 0.15) is 31.9 Å². The molecule has 0 unspecified atom stereocenters. The highest BCUT2D eigenvalue weighted by atomic mass is 35.5. The molecule has 0 aliphatic carbocycles. The van der Waals surface area contributed by atoms with Crippen LogP contribution in [0.2, 0.25) is 5.02 Å². The average Bonchev–Trinajstić information content (AvgIpc) is 3.08. The lowest BCUT2D eigenvalue weighted by Gasteiger charge is -2.19. The standard InChI is InChI=1S/C23H27ClN4O2S/c1-14-11-18(19(30-6)12-17(14)24)25-20(29)13-31-22-27-26-21(28(22)5)15-7-9-16(10-8-15)23(2,3)4/h7-12H,13H2,1-6H3,(H,25,29). The Morgan fingerprint density at radius 2 is 1.87 bits per heavy atom. The van der Waals surface area contributed by atoms with E-state index in [1.54, 1.807) is 19.2 Å². The third-order valence-electron chi connectivity index (χ3n) is 4.93. The van der Waals surface area contributed by atoms with Gasteiger partial charge in [0.25, 0.3) is 0 Å². The molecule has 164 valence electrons. The van der Waals surface area contributed by atoms with E-state index < -0.39 is 0 Å². The zero-order chi connectivity index (χ0) is 22.8. The van der Waals surface area contributed by atoms with Crippen molar-refractivity contribution in [3.05, 3.63) is 52.5 Å². The predicted molar refractivity (Wildman–Crippen MR) is 127 cm³/mol. The number of amides is 1. The fraction of sp³-hybridized carbons (Fsp3) is 0.348. The van der Waals surface area contributed by atoms with Gasteiger partial charge in [-0.05, 0) is 29.5 Å². The minimum atomic E-state index is -0.163.